The fourth-order valence-electron chi connectivity index (χ4n) is 3.13. The second-order valence-corrected chi connectivity index (χ2v) is 12.3. The molecule has 0 unspecified atom stereocenters. The Morgan fingerprint density at radius 1 is 1.09 bits per heavy atom. The van der Waals surface area contributed by atoms with Crippen molar-refractivity contribution in [1.29, 1.82) is 0 Å². The van der Waals surface area contributed by atoms with Gasteiger partial charge in [0.2, 0.25) is 27.0 Å². The van der Waals surface area contributed by atoms with E-state index in [2.05, 4.69) is 15.5 Å². The number of hydrogen-bond acceptors (Lipinski definition) is 7. The average molecular weight is 534 g/mol. The van der Waals surface area contributed by atoms with Gasteiger partial charge in [-0.05, 0) is 18.2 Å². The first-order valence-electron chi connectivity index (χ1n) is 10.2. The van der Waals surface area contributed by atoms with E-state index < -0.39 is 10.0 Å². The molecule has 33 heavy (non-hydrogen) atoms. The van der Waals surface area contributed by atoms with Crippen LogP contribution in [0.5, 0.6) is 0 Å². The summed E-state index contributed by atoms with van der Waals surface area (Å²) in [5.74, 6) is -0.535. The molecule has 9 nitrogen and oxygen atoms in total. The molecule has 2 heterocycles. The van der Waals surface area contributed by atoms with Gasteiger partial charge in [-0.1, -0.05) is 55.3 Å². The summed E-state index contributed by atoms with van der Waals surface area (Å²) in [6.07, 6.45) is 0.0174. The molecular formula is C20H25Cl2N5O4S2. The molecule has 1 saturated heterocycles. The predicted molar refractivity (Wildman–Crippen MR) is 128 cm³/mol. The molecule has 1 fully saturated rings. The van der Waals surface area contributed by atoms with Gasteiger partial charge < -0.3 is 10.2 Å². The lowest BCUT2D eigenvalue weighted by Crippen LogP contribution is -2.50. The first kappa shape index (κ1) is 25.8. The number of sulfonamides is 1. The van der Waals surface area contributed by atoms with Crippen molar-refractivity contribution >= 4 is 61.5 Å². The Kier molecular flexibility index (Phi) is 8.00. The molecule has 0 saturated carbocycles. The number of nitrogens with one attached hydrogen (secondary N) is 1. The lowest BCUT2D eigenvalue weighted by molar-refractivity contribution is -0.133. The van der Waals surface area contributed by atoms with E-state index in [0.29, 0.717) is 5.13 Å². The summed E-state index contributed by atoms with van der Waals surface area (Å²) in [7, 11) is -3.83. The van der Waals surface area contributed by atoms with Gasteiger partial charge in [0.15, 0.2) is 0 Å². The van der Waals surface area contributed by atoms with Crippen LogP contribution in [0, 0.1) is 0 Å². The largest absolute Gasteiger partial charge is 0.340 e. The van der Waals surface area contributed by atoms with Crippen molar-refractivity contribution in [3.8, 4) is 0 Å². The number of hydrogen-bond donors (Lipinski definition) is 1. The molecule has 0 atom stereocenters. The fourth-order valence-corrected chi connectivity index (χ4v) is 6.11. The van der Waals surface area contributed by atoms with Crippen LogP contribution in [-0.2, 0) is 25.0 Å². The third-order valence-electron chi connectivity index (χ3n) is 4.98. The minimum absolute atomic E-state index is 0.0000994. The van der Waals surface area contributed by atoms with Crippen molar-refractivity contribution in [2.75, 3.05) is 31.5 Å². The number of benzene rings is 1. The number of aromatic nitrogens is 2. The molecule has 0 spiro atoms. The highest BCUT2D eigenvalue weighted by Crippen LogP contribution is 2.29. The topological polar surface area (TPSA) is 113 Å². The summed E-state index contributed by atoms with van der Waals surface area (Å²) in [5.41, 5.74) is -0.162. The van der Waals surface area contributed by atoms with Crippen molar-refractivity contribution in [3.05, 3.63) is 33.3 Å². The summed E-state index contributed by atoms with van der Waals surface area (Å²) in [5, 5.41) is 12.3. The van der Waals surface area contributed by atoms with E-state index in [4.69, 9.17) is 23.2 Å². The molecule has 1 aliphatic heterocycles. The van der Waals surface area contributed by atoms with Crippen LogP contribution in [-0.4, -0.2) is 65.8 Å². The molecule has 0 radical (unpaired) electrons. The van der Waals surface area contributed by atoms with Gasteiger partial charge in [0.1, 0.15) is 9.90 Å². The molecule has 0 bridgehead atoms. The Morgan fingerprint density at radius 2 is 1.76 bits per heavy atom. The molecule has 2 amide bonds. The van der Waals surface area contributed by atoms with Crippen molar-refractivity contribution in [1.82, 2.24) is 19.4 Å². The Morgan fingerprint density at radius 3 is 2.36 bits per heavy atom. The zero-order valence-electron chi connectivity index (χ0n) is 18.5. The summed E-state index contributed by atoms with van der Waals surface area (Å²) in [4.78, 5) is 26.2. The monoisotopic (exact) mass is 533 g/mol. The van der Waals surface area contributed by atoms with Crippen LogP contribution < -0.4 is 5.32 Å². The summed E-state index contributed by atoms with van der Waals surface area (Å²) < 4.78 is 27.1. The van der Waals surface area contributed by atoms with E-state index in [1.807, 2.05) is 20.8 Å². The van der Waals surface area contributed by atoms with Crippen molar-refractivity contribution in [2.45, 2.75) is 43.9 Å². The second kappa shape index (κ2) is 10.2. The Bertz CT molecular complexity index is 1140. The van der Waals surface area contributed by atoms with Crippen LogP contribution in [0.25, 0.3) is 0 Å². The molecule has 0 aliphatic carbocycles. The van der Waals surface area contributed by atoms with E-state index in [1.54, 1.807) is 4.90 Å². The number of anilines is 1. The molecule has 180 valence electrons. The zero-order valence-corrected chi connectivity index (χ0v) is 21.6. The van der Waals surface area contributed by atoms with Crippen molar-refractivity contribution < 1.29 is 18.0 Å². The molecular weight excluding hydrogens is 509 g/mol. The first-order valence-corrected chi connectivity index (χ1v) is 13.3. The van der Waals surface area contributed by atoms with E-state index >= 15 is 0 Å². The van der Waals surface area contributed by atoms with Gasteiger partial charge in [0, 0.05) is 49.5 Å². The Labute approximate surface area is 207 Å². The van der Waals surface area contributed by atoms with Crippen LogP contribution in [0.4, 0.5) is 5.13 Å². The fraction of sp³-hybridized carbons (Fsp3) is 0.500. The number of nitrogens with zero attached hydrogens (tertiary/aromatic N) is 4. The number of piperazine rings is 1. The quantitative estimate of drug-likeness (QED) is 0.608. The van der Waals surface area contributed by atoms with Gasteiger partial charge in [0.25, 0.3) is 0 Å². The molecule has 13 heteroatoms. The van der Waals surface area contributed by atoms with Crippen LogP contribution in [0.2, 0.25) is 10.0 Å². The van der Waals surface area contributed by atoms with Crippen LogP contribution >= 0.6 is 34.5 Å². The first-order chi connectivity index (χ1) is 15.4. The number of carbonyl (C=O) groups is 2. The molecule has 1 N–H and O–H groups in total. The van der Waals surface area contributed by atoms with Crippen molar-refractivity contribution in [3.63, 3.8) is 0 Å². The van der Waals surface area contributed by atoms with Crippen LogP contribution in [0.15, 0.2) is 23.1 Å². The molecule has 3 rings (SSSR count). The minimum atomic E-state index is -3.83. The molecule has 1 aromatic heterocycles. The average Bonchev–Trinajstić information content (AvgIpc) is 3.22. The summed E-state index contributed by atoms with van der Waals surface area (Å²) >= 11 is 13.3. The number of halogens is 2. The maximum atomic E-state index is 12.9. The summed E-state index contributed by atoms with van der Waals surface area (Å²) in [6, 6.07) is 4.27. The van der Waals surface area contributed by atoms with Crippen LogP contribution in [0.1, 0.15) is 38.6 Å². The predicted octanol–water partition coefficient (Wildman–Crippen LogP) is 3.39. The Balaban J connectivity index is 1.50. The lowest BCUT2D eigenvalue weighted by Gasteiger charge is -2.34. The maximum absolute atomic E-state index is 12.9. The standard InChI is InChI=1S/C20H25Cl2N5O4S2/c1-20(2,3)18-24-25-19(32-18)23-16(28)6-7-17(29)26-8-10-27(11-9-26)33(30,31)15-12-13(21)4-5-14(15)22/h4-5,12H,6-11H2,1-3H3,(H,23,25,28). The third kappa shape index (κ3) is 6.42. The van der Waals surface area contributed by atoms with Crippen molar-refractivity contribution in [2.24, 2.45) is 0 Å². The third-order valence-corrected chi connectivity index (χ3v) is 8.86. The van der Waals surface area contributed by atoms with E-state index in [1.165, 1.54) is 33.8 Å². The van der Waals surface area contributed by atoms with Gasteiger partial charge in [0.05, 0.1) is 5.02 Å². The van der Waals surface area contributed by atoms with Gasteiger partial charge in [-0.15, -0.1) is 10.2 Å². The zero-order chi connectivity index (χ0) is 24.4. The highest BCUT2D eigenvalue weighted by Gasteiger charge is 2.31. The van der Waals surface area contributed by atoms with E-state index in [0.717, 1.165) is 5.01 Å². The molecule has 1 aliphatic rings. The second-order valence-electron chi connectivity index (χ2n) is 8.57. The van der Waals surface area contributed by atoms with Crippen LogP contribution in [0.3, 0.4) is 0 Å². The summed E-state index contributed by atoms with van der Waals surface area (Å²) in [6.45, 7) is 6.73. The van der Waals surface area contributed by atoms with Gasteiger partial charge >= 0.3 is 0 Å². The van der Waals surface area contributed by atoms with E-state index in [9.17, 15) is 18.0 Å². The number of amides is 2. The Hall–Kier alpha value is -1.79. The lowest BCUT2D eigenvalue weighted by atomic mass is 9.98. The highest BCUT2D eigenvalue weighted by atomic mass is 35.5. The SMILES string of the molecule is CC(C)(C)c1nnc(NC(=O)CCC(=O)N2CCN(S(=O)(=O)c3cc(Cl)ccc3Cl)CC2)s1. The van der Waals surface area contributed by atoms with Gasteiger partial charge in [-0.2, -0.15) is 4.31 Å². The smallest absolute Gasteiger partial charge is 0.244 e. The molecule has 1 aromatic carbocycles. The number of rotatable bonds is 6. The molecule has 2 aromatic rings. The highest BCUT2D eigenvalue weighted by molar-refractivity contribution is 7.89. The van der Waals surface area contributed by atoms with Gasteiger partial charge in [-0.25, -0.2) is 8.42 Å². The van der Waals surface area contributed by atoms with Gasteiger partial charge in [-0.3, -0.25) is 9.59 Å². The minimum Gasteiger partial charge on any atom is -0.340 e. The maximum Gasteiger partial charge on any atom is 0.244 e. The van der Waals surface area contributed by atoms with E-state index in [-0.39, 0.29) is 71.2 Å². The number of carbonyl (C=O) groups excluding carboxylic acids is 2. The normalized spacial score (nSPS) is 15.5.